The van der Waals surface area contributed by atoms with Crippen molar-refractivity contribution in [3.05, 3.63) is 93.9 Å². The molecule has 1 aliphatic rings. The van der Waals surface area contributed by atoms with Crippen molar-refractivity contribution in [3.8, 4) is 11.3 Å². The molecule has 0 radical (unpaired) electrons. The number of nitrogens with one attached hydrogen (secondary N) is 4. The van der Waals surface area contributed by atoms with E-state index in [1.165, 1.54) is 0 Å². The van der Waals surface area contributed by atoms with Crippen LogP contribution in [0.15, 0.2) is 66.7 Å². The SMILES string of the molecule is Nc1n[nH]c2cc(-c3nc([C@H](Cc4ccccc4)NC(=O)NCc4cc(Cl)ccc4N4CCCC4)[nH]c3Cl)ccc12. The lowest BCUT2D eigenvalue weighted by molar-refractivity contribution is 0.236. The van der Waals surface area contributed by atoms with Gasteiger partial charge in [0.05, 0.1) is 11.6 Å². The minimum atomic E-state index is -0.465. The van der Waals surface area contributed by atoms with Crippen LogP contribution in [0.2, 0.25) is 10.2 Å². The van der Waals surface area contributed by atoms with Crippen LogP contribution in [0.4, 0.5) is 16.3 Å². The molecule has 2 amide bonds. The third-order valence-electron chi connectivity index (χ3n) is 7.39. The molecule has 11 heteroatoms. The first-order chi connectivity index (χ1) is 19.9. The van der Waals surface area contributed by atoms with Gasteiger partial charge >= 0.3 is 6.03 Å². The van der Waals surface area contributed by atoms with Gasteiger partial charge in [-0.15, -0.1) is 0 Å². The number of carbonyl (C=O) groups excluding carboxylic acids is 1. The molecule has 41 heavy (non-hydrogen) atoms. The first kappa shape index (κ1) is 27.0. The summed E-state index contributed by atoms with van der Waals surface area (Å²) in [7, 11) is 0. The summed E-state index contributed by atoms with van der Waals surface area (Å²) in [6, 6.07) is 20.7. The van der Waals surface area contributed by atoms with Gasteiger partial charge in [-0.3, -0.25) is 5.10 Å². The van der Waals surface area contributed by atoms with Crippen LogP contribution in [-0.2, 0) is 13.0 Å². The molecule has 0 spiro atoms. The number of H-pyrrole nitrogens is 2. The normalized spacial score (nSPS) is 14.0. The van der Waals surface area contributed by atoms with Gasteiger partial charge in [0, 0.05) is 41.3 Å². The smallest absolute Gasteiger partial charge is 0.315 e. The van der Waals surface area contributed by atoms with Crippen molar-refractivity contribution in [1.29, 1.82) is 0 Å². The van der Waals surface area contributed by atoms with Crippen LogP contribution in [0, 0.1) is 0 Å². The van der Waals surface area contributed by atoms with E-state index in [-0.39, 0.29) is 6.03 Å². The molecule has 3 heterocycles. The molecule has 0 bridgehead atoms. The minimum Gasteiger partial charge on any atom is -0.382 e. The number of rotatable bonds is 8. The van der Waals surface area contributed by atoms with Crippen LogP contribution < -0.4 is 21.3 Å². The number of aromatic nitrogens is 4. The Morgan fingerprint density at radius 3 is 2.66 bits per heavy atom. The van der Waals surface area contributed by atoms with Gasteiger partial charge in [0.2, 0.25) is 0 Å². The fourth-order valence-electron chi connectivity index (χ4n) is 5.33. The summed E-state index contributed by atoms with van der Waals surface area (Å²) in [6.07, 6.45) is 2.84. The molecule has 1 fully saturated rings. The number of anilines is 2. The van der Waals surface area contributed by atoms with E-state index in [0.29, 0.717) is 40.5 Å². The number of amides is 2. The van der Waals surface area contributed by atoms with Crippen LogP contribution >= 0.6 is 23.2 Å². The zero-order valence-electron chi connectivity index (χ0n) is 22.3. The Kier molecular flexibility index (Phi) is 7.71. The standard InChI is InChI=1S/C30H30Cl2N8O/c31-21-9-11-25(40-12-4-5-13-40)20(15-21)17-34-30(41)35-24(14-18-6-2-1-3-7-18)29-36-26(27(32)37-29)19-8-10-22-23(16-19)38-39-28(22)33/h1-3,6-11,15-16,24H,4-5,12-14,17H2,(H,36,37)(H3,33,38,39)(H2,34,35,41)/t24-/m0/s1. The number of nitrogens with two attached hydrogens (primary N) is 1. The quantitative estimate of drug-likeness (QED) is 0.147. The van der Waals surface area contributed by atoms with Crippen LogP contribution in [0.3, 0.4) is 0 Å². The summed E-state index contributed by atoms with van der Waals surface area (Å²) in [4.78, 5) is 23.6. The Morgan fingerprint density at radius 1 is 1.05 bits per heavy atom. The third-order valence-corrected chi connectivity index (χ3v) is 7.90. The molecule has 1 saturated heterocycles. The fraction of sp³-hybridized carbons (Fsp3) is 0.233. The van der Waals surface area contributed by atoms with Crippen LogP contribution in [0.25, 0.3) is 22.2 Å². The number of halogens is 2. The second-order valence-electron chi connectivity index (χ2n) is 10.2. The fourth-order valence-corrected chi connectivity index (χ4v) is 5.77. The van der Waals surface area contributed by atoms with Gasteiger partial charge in [0.1, 0.15) is 16.7 Å². The lowest BCUT2D eigenvalue weighted by Gasteiger charge is -2.22. The molecule has 3 aromatic carbocycles. The number of nitrogen functional groups attached to an aromatic ring is 1. The van der Waals surface area contributed by atoms with Crippen molar-refractivity contribution >= 4 is 51.6 Å². The highest BCUT2D eigenvalue weighted by Crippen LogP contribution is 2.31. The zero-order valence-corrected chi connectivity index (χ0v) is 23.8. The molecule has 0 saturated carbocycles. The van der Waals surface area contributed by atoms with Crippen LogP contribution in [0.5, 0.6) is 0 Å². The van der Waals surface area contributed by atoms with Gasteiger partial charge in [-0.1, -0.05) is 59.6 Å². The Morgan fingerprint density at radius 2 is 1.85 bits per heavy atom. The zero-order chi connectivity index (χ0) is 28.3. The Hall–Kier alpha value is -4.21. The number of hydrogen-bond acceptors (Lipinski definition) is 5. The van der Waals surface area contributed by atoms with Gasteiger partial charge in [0.25, 0.3) is 0 Å². The van der Waals surface area contributed by atoms with E-state index in [1.807, 2.05) is 66.7 Å². The first-order valence-corrected chi connectivity index (χ1v) is 14.3. The molecule has 0 aliphatic carbocycles. The summed E-state index contributed by atoms with van der Waals surface area (Å²) in [6.45, 7) is 2.35. The van der Waals surface area contributed by atoms with E-state index in [2.05, 4.69) is 30.7 Å². The lowest BCUT2D eigenvalue weighted by atomic mass is 10.1. The average molecular weight is 590 g/mol. The predicted molar refractivity (Wildman–Crippen MR) is 164 cm³/mol. The van der Waals surface area contributed by atoms with E-state index in [0.717, 1.165) is 59.2 Å². The average Bonchev–Trinajstić information content (AvgIpc) is 3.73. The van der Waals surface area contributed by atoms with Crippen molar-refractivity contribution < 1.29 is 4.79 Å². The molecule has 6 N–H and O–H groups in total. The Bertz CT molecular complexity index is 1680. The molecule has 210 valence electrons. The van der Waals surface area contributed by atoms with Gasteiger partial charge in [-0.05, 0) is 60.7 Å². The number of carbonyl (C=O) groups is 1. The number of hydrogen-bond donors (Lipinski definition) is 5. The van der Waals surface area contributed by atoms with E-state index in [4.69, 9.17) is 33.9 Å². The van der Waals surface area contributed by atoms with Crippen molar-refractivity contribution in [2.24, 2.45) is 0 Å². The number of nitrogens with zero attached hydrogens (tertiary/aromatic N) is 3. The predicted octanol–water partition coefficient (Wildman–Crippen LogP) is 6.23. The molecular formula is C30H30Cl2N8O. The highest BCUT2D eigenvalue weighted by Gasteiger charge is 2.23. The highest BCUT2D eigenvalue weighted by atomic mass is 35.5. The minimum absolute atomic E-state index is 0.318. The van der Waals surface area contributed by atoms with E-state index >= 15 is 0 Å². The van der Waals surface area contributed by atoms with Crippen molar-refractivity contribution in [3.63, 3.8) is 0 Å². The lowest BCUT2D eigenvalue weighted by Crippen LogP contribution is -2.39. The second kappa shape index (κ2) is 11.7. The third kappa shape index (κ3) is 5.96. The molecular weight excluding hydrogens is 559 g/mol. The summed E-state index contributed by atoms with van der Waals surface area (Å²) in [5, 5.41) is 15.0. The Labute approximate surface area is 247 Å². The molecule has 1 aliphatic heterocycles. The molecule has 0 unspecified atom stereocenters. The van der Waals surface area contributed by atoms with Gasteiger partial charge in [-0.2, -0.15) is 5.10 Å². The Balaban J connectivity index is 1.23. The number of urea groups is 1. The highest BCUT2D eigenvalue weighted by molar-refractivity contribution is 6.32. The van der Waals surface area contributed by atoms with Crippen LogP contribution in [0.1, 0.15) is 35.8 Å². The maximum Gasteiger partial charge on any atom is 0.315 e. The number of imidazole rings is 1. The summed E-state index contributed by atoms with van der Waals surface area (Å²) in [5.41, 5.74) is 11.2. The molecule has 1 atom stereocenters. The number of benzene rings is 3. The molecule has 9 nitrogen and oxygen atoms in total. The molecule has 2 aromatic heterocycles. The van der Waals surface area contributed by atoms with Gasteiger partial charge in [0.15, 0.2) is 5.82 Å². The summed E-state index contributed by atoms with van der Waals surface area (Å²) < 4.78 is 0. The second-order valence-corrected chi connectivity index (χ2v) is 11.0. The van der Waals surface area contributed by atoms with E-state index in [9.17, 15) is 4.79 Å². The number of fused-ring (bicyclic) bond motifs is 1. The van der Waals surface area contributed by atoms with Gasteiger partial charge in [-0.25, -0.2) is 9.78 Å². The number of aromatic amines is 2. The molecule has 5 aromatic rings. The topological polar surface area (TPSA) is 128 Å². The summed E-state index contributed by atoms with van der Waals surface area (Å²) >= 11 is 13.0. The maximum atomic E-state index is 13.3. The molecule has 6 rings (SSSR count). The van der Waals surface area contributed by atoms with Crippen molar-refractivity contribution in [2.75, 3.05) is 23.7 Å². The monoisotopic (exact) mass is 588 g/mol. The van der Waals surface area contributed by atoms with E-state index < -0.39 is 6.04 Å². The van der Waals surface area contributed by atoms with Crippen molar-refractivity contribution in [2.45, 2.75) is 31.8 Å². The van der Waals surface area contributed by atoms with Gasteiger partial charge < -0.3 is 26.3 Å². The maximum absolute atomic E-state index is 13.3. The largest absolute Gasteiger partial charge is 0.382 e. The van der Waals surface area contributed by atoms with Crippen LogP contribution in [-0.4, -0.2) is 39.3 Å². The van der Waals surface area contributed by atoms with E-state index in [1.54, 1.807) is 0 Å². The first-order valence-electron chi connectivity index (χ1n) is 13.6. The van der Waals surface area contributed by atoms with Crippen molar-refractivity contribution in [1.82, 2.24) is 30.8 Å². The summed E-state index contributed by atoms with van der Waals surface area (Å²) in [5.74, 6) is 0.984.